The molecule has 2 amide bonds. The Morgan fingerprint density at radius 3 is 2.00 bits per heavy atom. The number of likely N-dealkylation sites (N-methyl/N-ethyl adjacent to an activating group) is 1. The summed E-state index contributed by atoms with van der Waals surface area (Å²) >= 11 is 0. The van der Waals surface area contributed by atoms with Crippen LogP contribution in [0, 0.1) is 0 Å². The second-order valence-electron chi connectivity index (χ2n) is 7.97. The first-order chi connectivity index (χ1) is 14.3. The van der Waals surface area contributed by atoms with Crippen molar-refractivity contribution in [2.75, 3.05) is 79.5 Å². The molecule has 1 aromatic rings. The summed E-state index contributed by atoms with van der Waals surface area (Å²) in [5.41, 5.74) is 2.29. The molecule has 0 radical (unpaired) electrons. The highest BCUT2D eigenvalue weighted by Crippen LogP contribution is 2.16. The zero-order valence-electron chi connectivity index (χ0n) is 18.8. The lowest BCUT2D eigenvalue weighted by atomic mass is 10.0. The van der Waals surface area contributed by atoms with Gasteiger partial charge in [0.15, 0.2) is 6.29 Å². The molecule has 0 aromatic heterocycles. The molecule has 0 bridgehead atoms. The molecule has 9 heteroatoms. The normalized spacial score (nSPS) is 19.9. The highest BCUT2D eigenvalue weighted by atomic mass is 16.7. The van der Waals surface area contributed by atoms with Crippen LogP contribution in [0.2, 0.25) is 0 Å². The molecule has 0 unspecified atom stereocenters. The van der Waals surface area contributed by atoms with Crippen LogP contribution in [0.25, 0.3) is 0 Å². The molecule has 168 valence electrons. The van der Waals surface area contributed by atoms with Crippen molar-refractivity contribution >= 4 is 17.5 Å². The number of quaternary nitrogens is 2. The molecule has 1 aromatic carbocycles. The number of hydrogen-bond acceptors (Lipinski definition) is 5. The van der Waals surface area contributed by atoms with E-state index in [9.17, 15) is 9.59 Å². The second-order valence-corrected chi connectivity index (χ2v) is 7.97. The highest BCUT2D eigenvalue weighted by Gasteiger charge is 2.30. The van der Waals surface area contributed by atoms with Crippen LogP contribution >= 0.6 is 0 Å². The maximum absolute atomic E-state index is 12.3. The van der Waals surface area contributed by atoms with Gasteiger partial charge in [0.05, 0.1) is 20.1 Å². The van der Waals surface area contributed by atoms with E-state index < -0.39 is 18.1 Å². The number of piperazine rings is 1. The Morgan fingerprint density at radius 2 is 1.50 bits per heavy atom. The third kappa shape index (κ3) is 6.94. The van der Waals surface area contributed by atoms with E-state index in [4.69, 9.17) is 9.47 Å². The van der Waals surface area contributed by atoms with Crippen molar-refractivity contribution in [1.82, 2.24) is 10.6 Å². The zero-order valence-corrected chi connectivity index (χ0v) is 18.8. The molecule has 4 N–H and O–H groups in total. The van der Waals surface area contributed by atoms with Gasteiger partial charge in [-0.25, -0.2) is 0 Å². The van der Waals surface area contributed by atoms with Crippen LogP contribution in [0.1, 0.15) is 11.6 Å². The maximum atomic E-state index is 12.3. The summed E-state index contributed by atoms with van der Waals surface area (Å²) in [4.78, 5) is 29.4. The highest BCUT2D eigenvalue weighted by molar-refractivity contribution is 6.35. The summed E-state index contributed by atoms with van der Waals surface area (Å²) < 4.78 is 10.0. The van der Waals surface area contributed by atoms with E-state index in [2.05, 4.69) is 46.8 Å². The average Bonchev–Trinajstić information content (AvgIpc) is 2.75. The maximum Gasteiger partial charge on any atom is 0.309 e. The zero-order chi connectivity index (χ0) is 22.1. The molecule has 1 saturated heterocycles. The standard InChI is InChI=1S/C21H35N5O4/c1-24(2)17-8-6-16(7-9-17)18(26-12-10-25(3)11-13-26)14-22-20(27)21(28)23-15-19(29-4)30-5/h6-9,18-19H,10-15H2,1-5H3,(H,22,27)(H,23,28)/p+2/t18-/m0/s1. The van der Waals surface area contributed by atoms with E-state index in [1.807, 2.05) is 14.1 Å². The fourth-order valence-electron chi connectivity index (χ4n) is 3.64. The number of benzene rings is 1. The largest absolute Gasteiger partial charge is 0.378 e. The second kappa shape index (κ2) is 11.8. The van der Waals surface area contributed by atoms with Crippen LogP contribution in [-0.2, 0) is 19.1 Å². The molecule has 2 rings (SSSR count). The smallest absolute Gasteiger partial charge is 0.309 e. The van der Waals surface area contributed by atoms with Gasteiger partial charge in [-0.3, -0.25) is 9.59 Å². The molecular weight excluding hydrogens is 386 g/mol. The lowest BCUT2D eigenvalue weighted by molar-refractivity contribution is -1.02. The van der Waals surface area contributed by atoms with Crippen molar-refractivity contribution in [1.29, 1.82) is 0 Å². The van der Waals surface area contributed by atoms with Crippen LogP contribution in [0.15, 0.2) is 24.3 Å². The summed E-state index contributed by atoms with van der Waals surface area (Å²) in [6.07, 6.45) is -0.581. The Labute approximate surface area is 179 Å². The van der Waals surface area contributed by atoms with Gasteiger partial charge in [-0.1, -0.05) is 12.1 Å². The fourth-order valence-corrected chi connectivity index (χ4v) is 3.64. The third-order valence-corrected chi connectivity index (χ3v) is 5.68. The predicted molar refractivity (Wildman–Crippen MR) is 115 cm³/mol. The molecule has 1 aliphatic rings. The SMILES string of the molecule is COC(CNC(=O)C(=O)NC[C@@H](c1ccc(N(C)C)cc1)[NH+]1CC[NH+](C)CC1)OC. The number of amides is 2. The number of hydrogen-bond donors (Lipinski definition) is 4. The Kier molecular flexibility index (Phi) is 9.51. The van der Waals surface area contributed by atoms with Crippen molar-refractivity contribution < 1.29 is 28.9 Å². The predicted octanol–water partition coefficient (Wildman–Crippen LogP) is -2.94. The Bertz CT molecular complexity index is 670. The number of nitrogens with one attached hydrogen (secondary N) is 4. The van der Waals surface area contributed by atoms with Crippen molar-refractivity contribution in [3.63, 3.8) is 0 Å². The van der Waals surface area contributed by atoms with Gasteiger partial charge < -0.3 is 34.8 Å². The van der Waals surface area contributed by atoms with E-state index in [1.165, 1.54) is 24.0 Å². The van der Waals surface area contributed by atoms with Crippen molar-refractivity contribution in [2.45, 2.75) is 12.3 Å². The summed E-state index contributed by atoms with van der Waals surface area (Å²) in [5.74, 6) is -1.33. The van der Waals surface area contributed by atoms with Gasteiger partial charge in [0.1, 0.15) is 32.2 Å². The van der Waals surface area contributed by atoms with E-state index in [-0.39, 0.29) is 12.6 Å². The summed E-state index contributed by atoms with van der Waals surface area (Å²) in [5, 5.41) is 5.35. The van der Waals surface area contributed by atoms with Crippen molar-refractivity contribution in [3.8, 4) is 0 Å². The number of methoxy groups -OCH3 is 2. The lowest BCUT2D eigenvalue weighted by Gasteiger charge is -2.33. The van der Waals surface area contributed by atoms with Gasteiger partial charge in [0, 0.05) is 39.6 Å². The van der Waals surface area contributed by atoms with Crippen LogP contribution in [0.4, 0.5) is 5.69 Å². The van der Waals surface area contributed by atoms with Gasteiger partial charge >= 0.3 is 11.8 Å². The number of anilines is 1. The molecule has 0 saturated carbocycles. The molecule has 0 spiro atoms. The van der Waals surface area contributed by atoms with Crippen molar-refractivity contribution in [3.05, 3.63) is 29.8 Å². The van der Waals surface area contributed by atoms with Crippen LogP contribution < -0.4 is 25.3 Å². The number of rotatable bonds is 9. The van der Waals surface area contributed by atoms with Gasteiger partial charge in [0.25, 0.3) is 0 Å². The van der Waals surface area contributed by atoms with Gasteiger partial charge in [-0.05, 0) is 12.1 Å². The van der Waals surface area contributed by atoms with E-state index in [1.54, 1.807) is 0 Å². The molecule has 1 heterocycles. The Morgan fingerprint density at radius 1 is 0.967 bits per heavy atom. The first kappa shape index (κ1) is 24.1. The quantitative estimate of drug-likeness (QED) is 0.252. The topological polar surface area (TPSA) is 88.8 Å². The number of carbonyl (C=O) groups excluding carboxylic acids is 2. The molecule has 9 nitrogen and oxygen atoms in total. The first-order valence-electron chi connectivity index (χ1n) is 10.4. The average molecular weight is 424 g/mol. The molecule has 1 atom stereocenters. The molecule has 0 aliphatic carbocycles. The first-order valence-corrected chi connectivity index (χ1v) is 10.4. The monoisotopic (exact) mass is 423 g/mol. The van der Waals surface area contributed by atoms with Gasteiger partial charge in [-0.15, -0.1) is 0 Å². The third-order valence-electron chi connectivity index (χ3n) is 5.68. The van der Waals surface area contributed by atoms with Gasteiger partial charge in [0.2, 0.25) is 0 Å². The molecule has 30 heavy (non-hydrogen) atoms. The van der Waals surface area contributed by atoms with Crippen molar-refractivity contribution in [2.24, 2.45) is 0 Å². The number of carbonyl (C=O) groups is 2. The van der Waals surface area contributed by atoms with E-state index in [0.717, 1.165) is 37.4 Å². The number of ether oxygens (including phenoxy) is 2. The Balaban J connectivity index is 2.02. The van der Waals surface area contributed by atoms with E-state index in [0.29, 0.717) is 6.54 Å². The minimum atomic E-state index is -0.686. The van der Waals surface area contributed by atoms with Crippen LogP contribution in [-0.4, -0.2) is 92.7 Å². The van der Waals surface area contributed by atoms with Gasteiger partial charge in [-0.2, -0.15) is 0 Å². The summed E-state index contributed by atoms with van der Waals surface area (Å²) in [7, 11) is 9.19. The van der Waals surface area contributed by atoms with E-state index >= 15 is 0 Å². The minimum absolute atomic E-state index is 0.0942. The summed E-state index contributed by atoms with van der Waals surface area (Å²) in [6, 6.07) is 8.51. The Hall–Kier alpha value is -2.20. The van der Waals surface area contributed by atoms with Crippen LogP contribution in [0.5, 0.6) is 0 Å². The summed E-state index contributed by atoms with van der Waals surface area (Å²) in [6.45, 7) is 4.74. The molecular formula is C21H37N5O4+2. The molecule has 1 aliphatic heterocycles. The minimum Gasteiger partial charge on any atom is -0.378 e. The fraction of sp³-hybridized carbons (Fsp3) is 0.619. The molecule has 1 fully saturated rings. The lowest BCUT2D eigenvalue weighted by Crippen LogP contribution is -3.27. The van der Waals surface area contributed by atoms with Crippen LogP contribution in [0.3, 0.4) is 0 Å². The number of nitrogens with zero attached hydrogens (tertiary/aromatic N) is 1.